The Morgan fingerprint density at radius 1 is 1.18 bits per heavy atom. The van der Waals surface area contributed by atoms with Crippen LogP contribution in [-0.2, 0) is 7.05 Å². The third-order valence-electron chi connectivity index (χ3n) is 4.69. The maximum atomic E-state index is 13.1. The summed E-state index contributed by atoms with van der Waals surface area (Å²) in [6.45, 7) is 3.75. The number of rotatable bonds is 4. The number of fused-ring (bicyclic) bond motifs is 1. The quantitative estimate of drug-likeness (QED) is 0.576. The standard InChI is InChI=1S/C20H19ClN6O/c1-12-10-17-23-11-16(13(2)27(17)25-12)20(28)24-18(19-22-8-9-26(19)3)14-4-6-15(21)7-5-14/h4-11,18H,1-3H3,(H,24,28). The molecule has 1 amide bonds. The van der Waals surface area contributed by atoms with Crippen LogP contribution in [0.15, 0.2) is 48.9 Å². The summed E-state index contributed by atoms with van der Waals surface area (Å²) in [6.07, 6.45) is 5.13. The van der Waals surface area contributed by atoms with Gasteiger partial charge >= 0.3 is 0 Å². The van der Waals surface area contributed by atoms with E-state index in [-0.39, 0.29) is 5.91 Å². The second-order valence-electron chi connectivity index (χ2n) is 6.67. The Hall–Kier alpha value is -3.19. The minimum atomic E-state index is -0.431. The fourth-order valence-corrected chi connectivity index (χ4v) is 3.33. The molecule has 1 unspecified atom stereocenters. The van der Waals surface area contributed by atoms with E-state index >= 15 is 0 Å². The van der Waals surface area contributed by atoms with Crippen LogP contribution < -0.4 is 5.32 Å². The van der Waals surface area contributed by atoms with Gasteiger partial charge in [0.2, 0.25) is 0 Å². The monoisotopic (exact) mass is 394 g/mol. The van der Waals surface area contributed by atoms with Crippen molar-refractivity contribution < 1.29 is 4.79 Å². The van der Waals surface area contributed by atoms with Gasteiger partial charge < -0.3 is 9.88 Å². The van der Waals surface area contributed by atoms with Gasteiger partial charge in [-0.2, -0.15) is 5.10 Å². The number of amides is 1. The topological polar surface area (TPSA) is 77.1 Å². The Labute approximate surface area is 167 Å². The zero-order valence-corrected chi connectivity index (χ0v) is 16.5. The Kier molecular flexibility index (Phi) is 4.60. The summed E-state index contributed by atoms with van der Waals surface area (Å²) in [5, 5.41) is 8.12. The lowest BCUT2D eigenvalue weighted by Crippen LogP contribution is -2.32. The molecule has 1 N–H and O–H groups in total. The van der Waals surface area contributed by atoms with Crippen LogP contribution in [0.3, 0.4) is 0 Å². The molecule has 0 saturated carbocycles. The molecular formula is C20H19ClN6O. The van der Waals surface area contributed by atoms with E-state index in [1.54, 1.807) is 29.0 Å². The number of halogens is 1. The molecule has 0 aliphatic carbocycles. The van der Waals surface area contributed by atoms with Crippen molar-refractivity contribution in [3.63, 3.8) is 0 Å². The molecule has 4 rings (SSSR count). The van der Waals surface area contributed by atoms with Crippen LogP contribution in [0.2, 0.25) is 5.02 Å². The molecule has 3 aromatic heterocycles. The number of nitrogens with zero attached hydrogens (tertiary/aromatic N) is 5. The lowest BCUT2D eigenvalue weighted by Gasteiger charge is -2.20. The van der Waals surface area contributed by atoms with Gasteiger partial charge in [0.1, 0.15) is 11.9 Å². The highest BCUT2D eigenvalue weighted by Gasteiger charge is 2.23. The molecule has 0 fully saturated rings. The van der Waals surface area contributed by atoms with Crippen LogP contribution in [0.1, 0.15) is 39.2 Å². The summed E-state index contributed by atoms with van der Waals surface area (Å²) in [5.74, 6) is 0.472. The van der Waals surface area contributed by atoms with Crippen molar-refractivity contribution in [1.82, 2.24) is 29.5 Å². The molecule has 1 atom stereocenters. The van der Waals surface area contributed by atoms with E-state index < -0.39 is 6.04 Å². The number of carbonyl (C=O) groups is 1. The summed E-state index contributed by atoms with van der Waals surface area (Å²) in [4.78, 5) is 21.9. The van der Waals surface area contributed by atoms with Gasteiger partial charge in [0.25, 0.3) is 5.91 Å². The average Bonchev–Trinajstić information content (AvgIpc) is 3.26. The van der Waals surface area contributed by atoms with Gasteiger partial charge in [-0.3, -0.25) is 4.79 Å². The summed E-state index contributed by atoms with van der Waals surface area (Å²) >= 11 is 6.03. The van der Waals surface area contributed by atoms with Crippen molar-refractivity contribution in [2.45, 2.75) is 19.9 Å². The lowest BCUT2D eigenvalue weighted by molar-refractivity contribution is 0.0939. The zero-order chi connectivity index (χ0) is 19.8. The van der Waals surface area contributed by atoms with Crippen molar-refractivity contribution >= 4 is 23.2 Å². The second-order valence-corrected chi connectivity index (χ2v) is 7.10. The number of aromatic nitrogens is 5. The van der Waals surface area contributed by atoms with Gasteiger partial charge in [0.05, 0.1) is 17.0 Å². The van der Waals surface area contributed by atoms with E-state index in [4.69, 9.17) is 11.6 Å². The van der Waals surface area contributed by atoms with Crippen LogP contribution >= 0.6 is 11.6 Å². The van der Waals surface area contributed by atoms with Gasteiger partial charge in [0, 0.05) is 36.7 Å². The first-order chi connectivity index (χ1) is 13.4. The molecule has 1 aromatic carbocycles. The van der Waals surface area contributed by atoms with Crippen molar-refractivity contribution in [2.75, 3.05) is 0 Å². The van der Waals surface area contributed by atoms with Crippen LogP contribution in [-0.4, -0.2) is 30.1 Å². The molecule has 28 heavy (non-hydrogen) atoms. The number of benzene rings is 1. The largest absolute Gasteiger partial charge is 0.338 e. The minimum Gasteiger partial charge on any atom is -0.338 e. The normalized spacial score (nSPS) is 12.3. The average molecular weight is 395 g/mol. The van der Waals surface area contributed by atoms with Crippen LogP contribution in [0.4, 0.5) is 0 Å². The molecule has 142 valence electrons. The first-order valence-electron chi connectivity index (χ1n) is 8.79. The van der Waals surface area contributed by atoms with Crippen molar-refractivity contribution in [1.29, 1.82) is 0 Å². The summed E-state index contributed by atoms with van der Waals surface area (Å²) in [7, 11) is 1.89. The lowest BCUT2D eigenvalue weighted by atomic mass is 10.1. The maximum absolute atomic E-state index is 13.1. The van der Waals surface area contributed by atoms with E-state index in [0.29, 0.717) is 16.2 Å². The molecule has 4 aromatic rings. The predicted octanol–water partition coefficient (Wildman–Crippen LogP) is 3.25. The van der Waals surface area contributed by atoms with E-state index in [0.717, 1.165) is 22.8 Å². The molecular weight excluding hydrogens is 376 g/mol. The van der Waals surface area contributed by atoms with Crippen molar-refractivity contribution in [3.05, 3.63) is 82.3 Å². The Balaban J connectivity index is 1.72. The van der Waals surface area contributed by atoms with E-state index in [1.807, 2.05) is 49.9 Å². The molecule has 0 aliphatic heterocycles. The number of hydrogen-bond donors (Lipinski definition) is 1. The van der Waals surface area contributed by atoms with Crippen LogP contribution in [0.5, 0.6) is 0 Å². The Morgan fingerprint density at radius 2 is 1.93 bits per heavy atom. The smallest absolute Gasteiger partial charge is 0.255 e. The molecule has 7 nitrogen and oxygen atoms in total. The minimum absolute atomic E-state index is 0.247. The van der Waals surface area contributed by atoms with E-state index in [2.05, 4.69) is 20.4 Å². The second kappa shape index (κ2) is 7.09. The summed E-state index contributed by atoms with van der Waals surface area (Å²) in [5.41, 5.74) is 3.63. The third kappa shape index (κ3) is 3.25. The van der Waals surface area contributed by atoms with Crippen molar-refractivity contribution in [3.8, 4) is 0 Å². The number of hydrogen-bond acceptors (Lipinski definition) is 4. The molecule has 3 heterocycles. The number of carbonyl (C=O) groups excluding carboxylic acids is 1. The summed E-state index contributed by atoms with van der Waals surface area (Å²) < 4.78 is 3.56. The van der Waals surface area contributed by atoms with E-state index in [1.165, 1.54) is 0 Å². The molecule has 0 aliphatic rings. The predicted molar refractivity (Wildman–Crippen MR) is 106 cm³/mol. The molecule has 0 spiro atoms. The van der Waals surface area contributed by atoms with Gasteiger partial charge in [-0.25, -0.2) is 14.5 Å². The Bertz CT molecular complexity index is 1160. The van der Waals surface area contributed by atoms with Crippen LogP contribution in [0, 0.1) is 13.8 Å². The van der Waals surface area contributed by atoms with Gasteiger partial charge in [-0.15, -0.1) is 0 Å². The van der Waals surface area contributed by atoms with E-state index in [9.17, 15) is 4.79 Å². The molecule has 0 radical (unpaired) electrons. The first kappa shape index (κ1) is 18.2. The van der Waals surface area contributed by atoms with Crippen LogP contribution in [0.25, 0.3) is 5.65 Å². The first-order valence-corrected chi connectivity index (χ1v) is 9.17. The molecule has 0 saturated heterocycles. The summed E-state index contributed by atoms with van der Waals surface area (Å²) in [6, 6.07) is 8.80. The Morgan fingerprint density at radius 3 is 2.61 bits per heavy atom. The van der Waals surface area contributed by atoms with Gasteiger partial charge in [-0.1, -0.05) is 23.7 Å². The van der Waals surface area contributed by atoms with Gasteiger partial charge in [-0.05, 0) is 31.5 Å². The number of imidazole rings is 1. The SMILES string of the molecule is Cc1cc2ncc(C(=O)NC(c3ccc(Cl)cc3)c3nccn3C)c(C)n2n1. The number of aryl methyl sites for hydroxylation is 3. The highest BCUT2D eigenvalue weighted by Crippen LogP contribution is 2.23. The van der Waals surface area contributed by atoms with Gasteiger partial charge in [0.15, 0.2) is 5.65 Å². The molecule has 0 bridgehead atoms. The highest BCUT2D eigenvalue weighted by molar-refractivity contribution is 6.30. The number of nitrogens with one attached hydrogen (secondary N) is 1. The molecule has 8 heteroatoms. The fourth-order valence-electron chi connectivity index (χ4n) is 3.20. The zero-order valence-electron chi connectivity index (χ0n) is 15.7. The van der Waals surface area contributed by atoms with Crippen molar-refractivity contribution in [2.24, 2.45) is 7.05 Å². The fraction of sp³-hybridized carbons (Fsp3) is 0.200. The highest BCUT2D eigenvalue weighted by atomic mass is 35.5. The maximum Gasteiger partial charge on any atom is 0.255 e. The third-order valence-corrected chi connectivity index (χ3v) is 4.94.